The number of nitrogens with two attached hydrogens (primary N) is 1. The lowest BCUT2D eigenvalue weighted by atomic mass is 10.2. The summed E-state index contributed by atoms with van der Waals surface area (Å²) in [5.41, 5.74) is 2.58. The lowest BCUT2D eigenvalue weighted by Crippen LogP contribution is -2.29. The van der Waals surface area contributed by atoms with Crippen LogP contribution in [0, 0.1) is 0 Å². The summed E-state index contributed by atoms with van der Waals surface area (Å²) in [7, 11) is 0. The van der Waals surface area contributed by atoms with Crippen molar-refractivity contribution < 1.29 is 5.11 Å². The van der Waals surface area contributed by atoms with Crippen LogP contribution in [-0.2, 0) is 0 Å². The van der Waals surface area contributed by atoms with Gasteiger partial charge in [0.25, 0.3) is 0 Å². The van der Waals surface area contributed by atoms with Crippen molar-refractivity contribution >= 4 is 11.6 Å². The molecular weight excluding hydrogens is 242 g/mol. The standard InChI is InChI=1S/C13H25N5O/c1-4-5-6-18(7-8-19)12-9-11(17-14)15-13(16-12)10(2)3/h9-10,19H,4-8,14H2,1-3H3,(H,15,16,17). The Kier molecular flexibility index (Phi) is 6.52. The van der Waals surface area contributed by atoms with Gasteiger partial charge in [0, 0.05) is 25.1 Å². The second-order valence-corrected chi connectivity index (χ2v) is 4.83. The Balaban J connectivity index is 3.02. The third-order valence-electron chi connectivity index (χ3n) is 2.87. The van der Waals surface area contributed by atoms with Gasteiger partial charge in [0.05, 0.1) is 6.61 Å². The van der Waals surface area contributed by atoms with Crippen molar-refractivity contribution in [3.05, 3.63) is 11.9 Å². The van der Waals surface area contributed by atoms with Crippen molar-refractivity contribution in [3.63, 3.8) is 0 Å². The molecule has 108 valence electrons. The Hall–Kier alpha value is -1.40. The van der Waals surface area contributed by atoms with Crippen LogP contribution in [-0.4, -0.2) is 34.8 Å². The minimum Gasteiger partial charge on any atom is -0.395 e. The van der Waals surface area contributed by atoms with Gasteiger partial charge in [-0.25, -0.2) is 15.8 Å². The first kappa shape index (κ1) is 15.7. The predicted molar refractivity (Wildman–Crippen MR) is 78.1 cm³/mol. The van der Waals surface area contributed by atoms with Crippen LogP contribution in [0.15, 0.2) is 6.07 Å². The van der Waals surface area contributed by atoms with Gasteiger partial charge >= 0.3 is 0 Å². The maximum absolute atomic E-state index is 9.18. The maximum Gasteiger partial charge on any atom is 0.145 e. The molecule has 0 amide bonds. The average Bonchev–Trinajstić information content (AvgIpc) is 2.42. The topological polar surface area (TPSA) is 87.3 Å². The first-order valence-corrected chi connectivity index (χ1v) is 6.83. The average molecular weight is 267 g/mol. The number of anilines is 2. The SMILES string of the molecule is CCCCN(CCO)c1cc(NN)nc(C(C)C)n1. The Labute approximate surface area is 115 Å². The van der Waals surface area contributed by atoms with E-state index >= 15 is 0 Å². The molecule has 1 aromatic heterocycles. The number of nitrogens with one attached hydrogen (secondary N) is 1. The number of rotatable bonds is 8. The summed E-state index contributed by atoms with van der Waals surface area (Å²) in [6.07, 6.45) is 2.17. The van der Waals surface area contributed by atoms with Crippen molar-refractivity contribution in [2.75, 3.05) is 30.0 Å². The number of aromatic nitrogens is 2. The van der Waals surface area contributed by atoms with Crippen molar-refractivity contribution in [1.82, 2.24) is 9.97 Å². The molecule has 6 heteroatoms. The Morgan fingerprint density at radius 3 is 2.63 bits per heavy atom. The molecule has 0 saturated carbocycles. The lowest BCUT2D eigenvalue weighted by Gasteiger charge is -2.24. The number of hydrogen-bond acceptors (Lipinski definition) is 6. The summed E-state index contributed by atoms with van der Waals surface area (Å²) in [4.78, 5) is 11.0. The number of aliphatic hydroxyl groups excluding tert-OH is 1. The molecular formula is C13H25N5O. The monoisotopic (exact) mass is 267 g/mol. The van der Waals surface area contributed by atoms with Crippen LogP contribution >= 0.6 is 0 Å². The Morgan fingerprint density at radius 1 is 1.37 bits per heavy atom. The van der Waals surface area contributed by atoms with Crippen molar-refractivity contribution in [3.8, 4) is 0 Å². The second-order valence-electron chi connectivity index (χ2n) is 4.83. The smallest absolute Gasteiger partial charge is 0.145 e. The molecule has 0 aliphatic heterocycles. The molecule has 0 aliphatic rings. The fourth-order valence-corrected chi connectivity index (χ4v) is 1.76. The number of unbranched alkanes of at least 4 members (excludes halogenated alkanes) is 1. The highest BCUT2D eigenvalue weighted by Crippen LogP contribution is 2.19. The van der Waals surface area contributed by atoms with Crippen LogP contribution in [0.5, 0.6) is 0 Å². The first-order valence-electron chi connectivity index (χ1n) is 6.83. The van der Waals surface area contributed by atoms with Crippen molar-refractivity contribution in [2.45, 2.75) is 39.5 Å². The van der Waals surface area contributed by atoms with Gasteiger partial charge in [-0.15, -0.1) is 0 Å². The van der Waals surface area contributed by atoms with E-state index in [1.165, 1.54) is 0 Å². The molecule has 19 heavy (non-hydrogen) atoms. The van der Waals surface area contributed by atoms with E-state index < -0.39 is 0 Å². The van der Waals surface area contributed by atoms with Crippen LogP contribution in [0.25, 0.3) is 0 Å². The van der Waals surface area contributed by atoms with Gasteiger partial charge in [0.1, 0.15) is 17.5 Å². The zero-order valence-corrected chi connectivity index (χ0v) is 12.1. The van der Waals surface area contributed by atoms with Crippen LogP contribution < -0.4 is 16.2 Å². The minimum absolute atomic E-state index is 0.107. The van der Waals surface area contributed by atoms with E-state index in [0.717, 1.165) is 31.0 Å². The maximum atomic E-state index is 9.18. The molecule has 1 rings (SSSR count). The van der Waals surface area contributed by atoms with E-state index in [0.29, 0.717) is 12.4 Å². The van der Waals surface area contributed by atoms with Gasteiger partial charge < -0.3 is 15.4 Å². The molecule has 0 atom stereocenters. The Bertz CT molecular complexity index is 383. The normalized spacial score (nSPS) is 10.8. The highest BCUT2D eigenvalue weighted by atomic mass is 16.3. The van der Waals surface area contributed by atoms with E-state index in [2.05, 4.69) is 27.2 Å². The van der Waals surface area contributed by atoms with Gasteiger partial charge in [0.2, 0.25) is 0 Å². The van der Waals surface area contributed by atoms with Gasteiger partial charge in [-0.05, 0) is 6.42 Å². The van der Waals surface area contributed by atoms with Crippen LogP contribution in [0.4, 0.5) is 11.6 Å². The highest BCUT2D eigenvalue weighted by Gasteiger charge is 2.12. The van der Waals surface area contributed by atoms with Gasteiger partial charge in [-0.3, -0.25) is 0 Å². The Morgan fingerprint density at radius 2 is 2.11 bits per heavy atom. The quantitative estimate of drug-likeness (QED) is 0.488. The molecule has 0 saturated heterocycles. The molecule has 4 N–H and O–H groups in total. The molecule has 0 radical (unpaired) electrons. The lowest BCUT2D eigenvalue weighted by molar-refractivity contribution is 0.301. The zero-order chi connectivity index (χ0) is 14.3. The molecule has 1 heterocycles. The fraction of sp³-hybridized carbons (Fsp3) is 0.692. The molecule has 6 nitrogen and oxygen atoms in total. The summed E-state index contributed by atoms with van der Waals surface area (Å²) >= 11 is 0. The molecule has 0 fully saturated rings. The van der Waals surface area contributed by atoms with Crippen LogP contribution in [0.1, 0.15) is 45.4 Å². The minimum atomic E-state index is 0.107. The molecule has 0 unspecified atom stereocenters. The van der Waals surface area contributed by atoms with Crippen molar-refractivity contribution in [2.24, 2.45) is 5.84 Å². The van der Waals surface area contributed by atoms with Crippen molar-refractivity contribution in [1.29, 1.82) is 0 Å². The van der Waals surface area contributed by atoms with E-state index in [1.807, 2.05) is 19.9 Å². The summed E-state index contributed by atoms with van der Waals surface area (Å²) in [5, 5.41) is 9.18. The van der Waals surface area contributed by atoms with E-state index in [9.17, 15) is 5.11 Å². The third-order valence-corrected chi connectivity index (χ3v) is 2.87. The van der Waals surface area contributed by atoms with E-state index in [-0.39, 0.29) is 12.5 Å². The van der Waals surface area contributed by atoms with E-state index in [1.54, 1.807) is 0 Å². The number of nitrogen functional groups attached to an aromatic ring is 1. The summed E-state index contributed by atoms with van der Waals surface area (Å²) < 4.78 is 0. The highest BCUT2D eigenvalue weighted by molar-refractivity contribution is 5.49. The van der Waals surface area contributed by atoms with Gasteiger partial charge in [0.15, 0.2) is 0 Å². The van der Waals surface area contributed by atoms with Gasteiger partial charge in [-0.2, -0.15) is 0 Å². The van der Waals surface area contributed by atoms with Crippen LogP contribution in [0.3, 0.4) is 0 Å². The van der Waals surface area contributed by atoms with Gasteiger partial charge in [-0.1, -0.05) is 27.2 Å². The number of hydrazine groups is 1. The zero-order valence-electron chi connectivity index (χ0n) is 12.1. The number of hydrogen-bond donors (Lipinski definition) is 3. The van der Waals surface area contributed by atoms with Crippen LogP contribution in [0.2, 0.25) is 0 Å². The molecule has 0 aliphatic carbocycles. The number of aliphatic hydroxyl groups is 1. The largest absolute Gasteiger partial charge is 0.395 e. The second kappa shape index (κ2) is 7.91. The van der Waals surface area contributed by atoms with E-state index in [4.69, 9.17) is 5.84 Å². The molecule has 0 aromatic carbocycles. The predicted octanol–water partition coefficient (Wildman–Crippen LogP) is 1.48. The summed E-state index contributed by atoms with van der Waals surface area (Å²) in [6, 6.07) is 1.82. The fourth-order valence-electron chi connectivity index (χ4n) is 1.76. The summed E-state index contributed by atoms with van der Waals surface area (Å²) in [5.74, 6) is 7.86. The molecule has 0 spiro atoms. The summed E-state index contributed by atoms with van der Waals surface area (Å²) in [6.45, 7) is 7.78. The first-order chi connectivity index (χ1) is 9.12. The molecule has 1 aromatic rings. The molecule has 0 bridgehead atoms. The number of nitrogens with zero attached hydrogens (tertiary/aromatic N) is 3. The third kappa shape index (κ3) is 4.65.